The van der Waals surface area contributed by atoms with E-state index in [2.05, 4.69) is 15.5 Å². The van der Waals surface area contributed by atoms with Crippen molar-refractivity contribution in [3.63, 3.8) is 0 Å². The molecule has 0 aliphatic carbocycles. The first-order chi connectivity index (χ1) is 5.59. The number of carbonyl (C=O) groups is 2. The number of anilines is 1. The molecule has 12 heavy (non-hydrogen) atoms. The van der Waals surface area contributed by atoms with Crippen LogP contribution in [0.15, 0.2) is 6.07 Å². The van der Waals surface area contributed by atoms with Gasteiger partial charge in [0.15, 0.2) is 5.82 Å². The summed E-state index contributed by atoms with van der Waals surface area (Å²) in [6, 6.07) is 1.36. The van der Waals surface area contributed by atoms with Gasteiger partial charge in [0, 0.05) is 13.0 Å². The Balaban J connectivity index is 2.77. The van der Waals surface area contributed by atoms with E-state index in [0.717, 1.165) is 0 Å². The number of hydrogen-bond donors (Lipinski definition) is 3. The predicted octanol–water partition coefficient (Wildman–Crippen LogP) is -0.533. The van der Waals surface area contributed by atoms with Crippen molar-refractivity contribution in [2.75, 3.05) is 5.32 Å². The van der Waals surface area contributed by atoms with Gasteiger partial charge in [-0.3, -0.25) is 14.7 Å². The highest BCUT2D eigenvalue weighted by atomic mass is 16.2. The average molecular weight is 168 g/mol. The van der Waals surface area contributed by atoms with Crippen LogP contribution in [0, 0.1) is 0 Å². The Kier molecular flexibility index (Phi) is 2.09. The van der Waals surface area contributed by atoms with Crippen molar-refractivity contribution in [2.45, 2.75) is 6.92 Å². The summed E-state index contributed by atoms with van der Waals surface area (Å²) in [4.78, 5) is 21.0. The summed E-state index contributed by atoms with van der Waals surface area (Å²) < 4.78 is 0. The molecule has 0 saturated heterocycles. The number of nitrogens with two attached hydrogens (primary N) is 1. The summed E-state index contributed by atoms with van der Waals surface area (Å²) in [5, 5.41) is 8.38. The molecule has 0 aliphatic rings. The van der Waals surface area contributed by atoms with Gasteiger partial charge in [-0.05, 0) is 0 Å². The number of primary amides is 1. The van der Waals surface area contributed by atoms with Crippen LogP contribution in [0.4, 0.5) is 5.82 Å². The SMILES string of the molecule is CC(=O)Nc1cc(C(N)=O)[nH]n1. The van der Waals surface area contributed by atoms with Gasteiger partial charge in [0.05, 0.1) is 0 Å². The molecule has 0 aromatic carbocycles. The number of aromatic nitrogens is 2. The molecule has 1 aromatic heterocycles. The van der Waals surface area contributed by atoms with E-state index in [1.165, 1.54) is 13.0 Å². The Morgan fingerprint density at radius 1 is 1.67 bits per heavy atom. The van der Waals surface area contributed by atoms with E-state index in [-0.39, 0.29) is 17.4 Å². The van der Waals surface area contributed by atoms with Gasteiger partial charge in [0.1, 0.15) is 5.69 Å². The monoisotopic (exact) mass is 168 g/mol. The van der Waals surface area contributed by atoms with Crippen LogP contribution in [0.25, 0.3) is 0 Å². The van der Waals surface area contributed by atoms with Gasteiger partial charge in [-0.25, -0.2) is 0 Å². The average Bonchev–Trinajstić information content (AvgIpc) is 2.34. The maximum absolute atomic E-state index is 10.5. The van der Waals surface area contributed by atoms with Crippen LogP contribution in [-0.4, -0.2) is 22.0 Å². The first-order valence-electron chi connectivity index (χ1n) is 3.22. The molecule has 6 heteroatoms. The Morgan fingerprint density at radius 2 is 2.33 bits per heavy atom. The Bertz CT molecular complexity index is 317. The second-order valence-electron chi connectivity index (χ2n) is 2.21. The smallest absolute Gasteiger partial charge is 0.266 e. The number of carbonyl (C=O) groups excluding carboxylic acids is 2. The molecule has 0 radical (unpaired) electrons. The first kappa shape index (κ1) is 8.25. The van der Waals surface area contributed by atoms with E-state index in [1.54, 1.807) is 0 Å². The van der Waals surface area contributed by atoms with Gasteiger partial charge in [-0.2, -0.15) is 5.10 Å². The highest BCUT2D eigenvalue weighted by molar-refractivity contribution is 5.93. The molecule has 1 aromatic rings. The molecular weight excluding hydrogens is 160 g/mol. The fraction of sp³-hybridized carbons (Fsp3) is 0.167. The molecule has 1 heterocycles. The van der Waals surface area contributed by atoms with Crippen molar-refractivity contribution in [1.82, 2.24) is 10.2 Å². The Hall–Kier alpha value is -1.85. The highest BCUT2D eigenvalue weighted by Crippen LogP contribution is 2.03. The summed E-state index contributed by atoms with van der Waals surface area (Å²) >= 11 is 0. The van der Waals surface area contributed by atoms with Crippen molar-refractivity contribution in [2.24, 2.45) is 5.73 Å². The minimum absolute atomic E-state index is 0.166. The van der Waals surface area contributed by atoms with Crippen LogP contribution in [-0.2, 0) is 4.79 Å². The van der Waals surface area contributed by atoms with Crippen molar-refractivity contribution >= 4 is 17.6 Å². The maximum Gasteiger partial charge on any atom is 0.266 e. The third kappa shape index (κ3) is 1.82. The lowest BCUT2D eigenvalue weighted by Crippen LogP contribution is -2.11. The van der Waals surface area contributed by atoms with E-state index in [9.17, 15) is 9.59 Å². The number of H-pyrrole nitrogens is 1. The minimum Gasteiger partial charge on any atom is -0.364 e. The summed E-state index contributed by atoms with van der Waals surface area (Å²) in [6.45, 7) is 1.35. The van der Waals surface area contributed by atoms with Crippen LogP contribution in [0.5, 0.6) is 0 Å². The van der Waals surface area contributed by atoms with E-state index >= 15 is 0 Å². The molecule has 1 rings (SSSR count). The van der Waals surface area contributed by atoms with Crippen LogP contribution >= 0.6 is 0 Å². The van der Waals surface area contributed by atoms with Gasteiger partial charge in [0.25, 0.3) is 5.91 Å². The van der Waals surface area contributed by atoms with Gasteiger partial charge < -0.3 is 11.1 Å². The number of rotatable bonds is 2. The lowest BCUT2D eigenvalue weighted by Gasteiger charge is -1.91. The Labute approximate surface area is 68.1 Å². The van der Waals surface area contributed by atoms with Crippen molar-refractivity contribution < 1.29 is 9.59 Å². The fourth-order valence-electron chi connectivity index (χ4n) is 0.692. The molecule has 0 saturated carbocycles. The summed E-state index contributed by atoms with van der Waals surface area (Å²) in [5.41, 5.74) is 5.10. The van der Waals surface area contributed by atoms with Crippen molar-refractivity contribution in [3.05, 3.63) is 11.8 Å². The zero-order valence-corrected chi connectivity index (χ0v) is 6.42. The second-order valence-corrected chi connectivity index (χ2v) is 2.21. The number of aromatic amines is 1. The standard InChI is InChI=1S/C6H8N4O2/c1-3(11)8-5-2-4(6(7)12)9-10-5/h2H,1H3,(H2,7,12)(H2,8,9,10,11). The van der Waals surface area contributed by atoms with E-state index in [4.69, 9.17) is 5.73 Å². The zero-order valence-electron chi connectivity index (χ0n) is 6.42. The topological polar surface area (TPSA) is 101 Å². The van der Waals surface area contributed by atoms with E-state index in [1.807, 2.05) is 0 Å². The Morgan fingerprint density at radius 3 is 2.75 bits per heavy atom. The predicted molar refractivity (Wildman–Crippen MR) is 41.4 cm³/mol. The highest BCUT2D eigenvalue weighted by Gasteiger charge is 2.05. The molecule has 0 bridgehead atoms. The third-order valence-electron chi connectivity index (χ3n) is 1.15. The van der Waals surface area contributed by atoms with Gasteiger partial charge in [-0.1, -0.05) is 0 Å². The number of nitrogens with zero attached hydrogens (tertiary/aromatic N) is 1. The number of nitrogens with one attached hydrogen (secondary N) is 2. The molecular formula is C6H8N4O2. The van der Waals surface area contributed by atoms with Gasteiger partial charge in [0.2, 0.25) is 5.91 Å². The lowest BCUT2D eigenvalue weighted by molar-refractivity contribution is -0.114. The van der Waals surface area contributed by atoms with E-state index in [0.29, 0.717) is 0 Å². The van der Waals surface area contributed by atoms with Crippen LogP contribution < -0.4 is 11.1 Å². The van der Waals surface area contributed by atoms with Crippen molar-refractivity contribution in [1.29, 1.82) is 0 Å². The fourth-order valence-corrected chi connectivity index (χ4v) is 0.692. The minimum atomic E-state index is -0.612. The third-order valence-corrected chi connectivity index (χ3v) is 1.15. The lowest BCUT2D eigenvalue weighted by atomic mass is 10.4. The molecule has 0 spiro atoms. The van der Waals surface area contributed by atoms with Gasteiger partial charge >= 0.3 is 0 Å². The largest absolute Gasteiger partial charge is 0.364 e. The quantitative estimate of drug-likeness (QED) is 0.553. The first-order valence-corrected chi connectivity index (χ1v) is 3.22. The molecule has 2 amide bonds. The van der Waals surface area contributed by atoms with Crippen molar-refractivity contribution in [3.8, 4) is 0 Å². The molecule has 0 atom stereocenters. The van der Waals surface area contributed by atoms with E-state index < -0.39 is 5.91 Å². The van der Waals surface area contributed by atoms with Crippen LogP contribution in [0.3, 0.4) is 0 Å². The molecule has 4 N–H and O–H groups in total. The molecule has 0 fully saturated rings. The number of amides is 2. The molecule has 64 valence electrons. The van der Waals surface area contributed by atoms with Gasteiger partial charge in [-0.15, -0.1) is 0 Å². The maximum atomic E-state index is 10.5. The zero-order chi connectivity index (χ0) is 9.14. The molecule has 0 unspecified atom stereocenters. The molecule has 6 nitrogen and oxygen atoms in total. The normalized spacial score (nSPS) is 9.42. The second kappa shape index (κ2) is 3.04. The number of hydrogen-bond acceptors (Lipinski definition) is 3. The summed E-state index contributed by atoms with van der Waals surface area (Å²) in [7, 11) is 0. The summed E-state index contributed by atoms with van der Waals surface area (Å²) in [5.74, 6) is -0.576. The van der Waals surface area contributed by atoms with Crippen LogP contribution in [0.2, 0.25) is 0 Å². The summed E-state index contributed by atoms with van der Waals surface area (Å²) in [6.07, 6.45) is 0. The molecule has 0 aliphatic heterocycles. The van der Waals surface area contributed by atoms with Crippen LogP contribution in [0.1, 0.15) is 17.4 Å².